The van der Waals surface area contributed by atoms with Crippen molar-refractivity contribution in [2.75, 3.05) is 17.3 Å². The maximum absolute atomic E-state index is 12.1. The first kappa shape index (κ1) is 18.5. The van der Waals surface area contributed by atoms with Crippen LogP contribution >= 0.6 is 11.8 Å². The summed E-state index contributed by atoms with van der Waals surface area (Å²) in [5.74, 6) is -1.25. The number of carbonyl (C=O) groups excluding carboxylic acids is 2. The minimum absolute atomic E-state index is 0.0861. The van der Waals surface area contributed by atoms with Gasteiger partial charge in [-0.1, -0.05) is 0 Å². The highest BCUT2D eigenvalue weighted by Crippen LogP contribution is 2.15. The molecule has 0 spiro atoms. The standard InChI is InChI=1S/C13H18N2O5S2/c1-9(16)14-10-3-5-11(6-4-10)22(19,20)15-12(13(17)18)7-8-21-2/h3-6,12,15H,7-8H2,1-2H3,(H,14,16)(H,17,18)/p-1. The lowest BCUT2D eigenvalue weighted by Crippen LogP contribution is -2.48. The van der Waals surface area contributed by atoms with Crippen LogP contribution in [0.5, 0.6) is 0 Å². The summed E-state index contributed by atoms with van der Waals surface area (Å²) < 4.78 is 26.4. The van der Waals surface area contributed by atoms with Crippen molar-refractivity contribution < 1.29 is 23.1 Å². The van der Waals surface area contributed by atoms with Gasteiger partial charge in [-0.15, -0.1) is 0 Å². The van der Waals surface area contributed by atoms with Gasteiger partial charge in [0.25, 0.3) is 0 Å². The Labute approximate surface area is 133 Å². The van der Waals surface area contributed by atoms with Crippen molar-refractivity contribution in [3.05, 3.63) is 24.3 Å². The van der Waals surface area contributed by atoms with Crippen molar-refractivity contribution in [3.63, 3.8) is 0 Å². The summed E-state index contributed by atoms with van der Waals surface area (Å²) in [6.45, 7) is 1.34. The van der Waals surface area contributed by atoms with Crippen LogP contribution in [0.1, 0.15) is 13.3 Å². The fourth-order valence-corrected chi connectivity index (χ4v) is 3.33. The predicted octanol–water partition coefficient (Wildman–Crippen LogP) is -0.205. The molecule has 1 rings (SSSR count). The Bertz CT molecular complexity index is 628. The van der Waals surface area contributed by atoms with Crippen molar-refractivity contribution in [1.82, 2.24) is 4.72 Å². The zero-order valence-corrected chi connectivity index (χ0v) is 13.8. The number of hydrogen-bond donors (Lipinski definition) is 2. The Kier molecular flexibility index (Phi) is 6.85. The van der Waals surface area contributed by atoms with Crippen LogP contribution in [-0.4, -0.2) is 38.3 Å². The molecule has 122 valence electrons. The number of carboxylic acids is 1. The summed E-state index contributed by atoms with van der Waals surface area (Å²) in [7, 11) is -3.97. The lowest BCUT2D eigenvalue weighted by atomic mass is 10.2. The van der Waals surface area contributed by atoms with E-state index in [1.165, 1.54) is 43.0 Å². The minimum Gasteiger partial charge on any atom is -0.548 e. The van der Waals surface area contributed by atoms with Crippen LogP contribution in [-0.2, 0) is 19.6 Å². The van der Waals surface area contributed by atoms with Crippen LogP contribution in [0.15, 0.2) is 29.2 Å². The highest BCUT2D eigenvalue weighted by atomic mass is 32.2. The van der Waals surface area contributed by atoms with E-state index in [1.54, 1.807) is 6.26 Å². The summed E-state index contributed by atoms with van der Waals surface area (Å²) in [5.41, 5.74) is 0.449. The molecule has 0 saturated carbocycles. The number of carbonyl (C=O) groups is 2. The van der Waals surface area contributed by atoms with Crippen LogP contribution in [0, 0.1) is 0 Å². The van der Waals surface area contributed by atoms with Crippen LogP contribution in [0.2, 0.25) is 0 Å². The third kappa shape index (κ3) is 5.66. The molecule has 0 aromatic heterocycles. The molecule has 0 fully saturated rings. The molecule has 0 heterocycles. The number of thioether (sulfide) groups is 1. The maximum Gasteiger partial charge on any atom is 0.241 e. The molecule has 0 aliphatic carbocycles. The molecular formula is C13H17N2O5S2-. The summed E-state index contributed by atoms with van der Waals surface area (Å²) >= 11 is 1.41. The first-order chi connectivity index (χ1) is 10.3. The normalized spacial score (nSPS) is 12.6. The van der Waals surface area contributed by atoms with Gasteiger partial charge in [-0.3, -0.25) is 4.79 Å². The zero-order chi connectivity index (χ0) is 16.8. The van der Waals surface area contributed by atoms with Crippen molar-refractivity contribution in [2.24, 2.45) is 0 Å². The average molecular weight is 345 g/mol. The molecule has 9 heteroatoms. The van der Waals surface area contributed by atoms with Gasteiger partial charge in [0.05, 0.1) is 16.9 Å². The molecule has 0 radical (unpaired) electrons. The van der Waals surface area contributed by atoms with E-state index in [9.17, 15) is 23.1 Å². The summed E-state index contributed by atoms with van der Waals surface area (Å²) in [5, 5.41) is 13.5. The SMILES string of the molecule is CSCCC(NS(=O)(=O)c1ccc(NC(C)=O)cc1)C(=O)[O-]. The molecular weight excluding hydrogens is 328 g/mol. The number of nitrogens with one attached hydrogen (secondary N) is 2. The smallest absolute Gasteiger partial charge is 0.241 e. The van der Waals surface area contributed by atoms with Crippen LogP contribution in [0.25, 0.3) is 0 Å². The highest BCUT2D eigenvalue weighted by molar-refractivity contribution is 7.98. The quantitative estimate of drug-likeness (QED) is 0.674. The lowest BCUT2D eigenvalue weighted by Gasteiger charge is -2.19. The molecule has 1 amide bonds. The van der Waals surface area contributed by atoms with Crippen LogP contribution < -0.4 is 15.1 Å². The largest absolute Gasteiger partial charge is 0.548 e. The third-order valence-corrected chi connectivity index (χ3v) is 4.81. The fraction of sp³-hybridized carbons (Fsp3) is 0.385. The van der Waals surface area contributed by atoms with E-state index in [0.717, 1.165) is 0 Å². The molecule has 0 aliphatic rings. The van der Waals surface area contributed by atoms with Gasteiger partial charge in [-0.2, -0.15) is 11.8 Å². The van der Waals surface area contributed by atoms with Gasteiger partial charge in [0.2, 0.25) is 15.9 Å². The number of hydrogen-bond acceptors (Lipinski definition) is 6. The Morgan fingerprint density at radius 2 is 1.86 bits per heavy atom. The fourth-order valence-electron chi connectivity index (χ4n) is 1.64. The van der Waals surface area contributed by atoms with E-state index in [0.29, 0.717) is 11.4 Å². The van der Waals surface area contributed by atoms with E-state index >= 15 is 0 Å². The summed E-state index contributed by atoms with van der Waals surface area (Å²) in [6.07, 6.45) is 1.92. The summed E-state index contributed by atoms with van der Waals surface area (Å²) in [4.78, 5) is 21.8. The second kappa shape index (κ2) is 8.16. The molecule has 7 nitrogen and oxygen atoms in total. The van der Waals surface area contributed by atoms with Gasteiger partial charge in [0.1, 0.15) is 0 Å². The average Bonchev–Trinajstić information content (AvgIpc) is 2.43. The molecule has 0 bridgehead atoms. The number of benzene rings is 1. The number of amides is 1. The molecule has 0 aliphatic heterocycles. The van der Waals surface area contributed by atoms with Crippen LogP contribution in [0.4, 0.5) is 5.69 Å². The molecule has 1 aromatic rings. The predicted molar refractivity (Wildman–Crippen MR) is 82.9 cm³/mol. The van der Waals surface area contributed by atoms with Crippen molar-refractivity contribution in [2.45, 2.75) is 24.3 Å². The Morgan fingerprint density at radius 3 is 2.32 bits per heavy atom. The number of aliphatic carboxylic acids is 1. The van der Waals surface area contributed by atoms with Gasteiger partial charge in [-0.05, 0) is 42.7 Å². The Hall–Kier alpha value is -1.58. The molecule has 22 heavy (non-hydrogen) atoms. The summed E-state index contributed by atoms with van der Waals surface area (Å²) in [6, 6.07) is 4.13. The zero-order valence-electron chi connectivity index (χ0n) is 12.2. The van der Waals surface area contributed by atoms with Gasteiger partial charge < -0.3 is 15.2 Å². The molecule has 1 aromatic carbocycles. The van der Waals surface area contributed by atoms with E-state index < -0.39 is 22.0 Å². The minimum atomic E-state index is -3.97. The van der Waals surface area contributed by atoms with E-state index in [-0.39, 0.29) is 17.2 Å². The third-order valence-electron chi connectivity index (χ3n) is 2.68. The number of carboxylic acid groups (broad SMARTS) is 1. The van der Waals surface area contributed by atoms with Gasteiger partial charge in [0.15, 0.2) is 0 Å². The van der Waals surface area contributed by atoms with Crippen LogP contribution in [0.3, 0.4) is 0 Å². The molecule has 0 saturated heterocycles. The van der Waals surface area contributed by atoms with Gasteiger partial charge in [-0.25, -0.2) is 13.1 Å². The van der Waals surface area contributed by atoms with Gasteiger partial charge in [0, 0.05) is 12.6 Å². The first-order valence-electron chi connectivity index (χ1n) is 6.36. The topological polar surface area (TPSA) is 115 Å². The first-order valence-corrected chi connectivity index (χ1v) is 9.23. The lowest BCUT2D eigenvalue weighted by molar-refractivity contribution is -0.308. The monoisotopic (exact) mass is 345 g/mol. The number of rotatable bonds is 8. The van der Waals surface area contributed by atoms with E-state index in [1.807, 2.05) is 0 Å². The second-order valence-electron chi connectivity index (χ2n) is 4.48. The van der Waals surface area contributed by atoms with Gasteiger partial charge >= 0.3 is 0 Å². The van der Waals surface area contributed by atoms with E-state index in [4.69, 9.17) is 0 Å². The molecule has 2 N–H and O–H groups in total. The van der Waals surface area contributed by atoms with Crippen molar-refractivity contribution in [3.8, 4) is 0 Å². The molecule has 1 atom stereocenters. The molecule has 1 unspecified atom stereocenters. The highest BCUT2D eigenvalue weighted by Gasteiger charge is 2.20. The van der Waals surface area contributed by atoms with E-state index in [2.05, 4.69) is 10.0 Å². The number of anilines is 1. The maximum atomic E-state index is 12.1. The Balaban J connectivity index is 2.88. The number of sulfonamides is 1. The van der Waals surface area contributed by atoms with Crippen molar-refractivity contribution >= 4 is 39.3 Å². The second-order valence-corrected chi connectivity index (χ2v) is 7.18. The Morgan fingerprint density at radius 1 is 1.27 bits per heavy atom. The van der Waals surface area contributed by atoms with Crippen molar-refractivity contribution in [1.29, 1.82) is 0 Å².